The smallest absolute Gasteiger partial charge is 0.478 e. The molecule has 0 fully saturated rings. The quantitative estimate of drug-likeness (QED) is 0.509. The van der Waals surface area contributed by atoms with Crippen molar-refractivity contribution in [1.82, 2.24) is 0 Å². The molecule has 0 saturated carbocycles. The first-order chi connectivity index (χ1) is 11.8. The van der Waals surface area contributed by atoms with Crippen molar-refractivity contribution in [2.24, 2.45) is 5.73 Å². The molecule has 26 heavy (non-hydrogen) atoms. The predicted molar refractivity (Wildman–Crippen MR) is 76.4 cm³/mol. The summed E-state index contributed by atoms with van der Waals surface area (Å²) in [4.78, 5) is 19.6. The summed E-state index contributed by atoms with van der Waals surface area (Å²) in [5.74, 6) is -5.95. The molecule has 0 unspecified atom stereocenters. The summed E-state index contributed by atoms with van der Waals surface area (Å²) in [6.07, 6.45) is -4.00. The number of hydrogen-bond acceptors (Lipinski definition) is 4. The number of ether oxygens (including phenoxy) is 1. The second-order valence-corrected chi connectivity index (χ2v) is 4.58. The minimum Gasteiger partial charge on any atom is -0.478 e. The van der Waals surface area contributed by atoms with E-state index in [1.165, 1.54) is 0 Å². The molecule has 0 aliphatic heterocycles. The summed E-state index contributed by atoms with van der Waals surface area (Å²) in [6.45, 7) is -3.49. The zero-order valence-electron chi connectivity index (χ0n) is 12.4. The molecule has 13 heteroatoms. The van der Waals surface area contributed by atoms with E-state index in [9.17, 15) is 31.1 Å². The van der Waals surface area contributed by atoms with E-state index in [0.717, 1.165) is 18.2 Å². The fourth-order valence-corrected chi connectivity index (χ4v) is 1.53. The highest BCUT2D eigenvalue weighted by atomic mass is 35.5. The molecule has 0 radical (unpaired) electrons. The second kappa shape index (κ2) is 9.87. The van der Waals surface area contributed by atoms with Crippen LogP contribution in [0.4, 0.5) is 26.3 Å². The van der Waals surface area contributed by atoms with E-state index < -0.39 is 41.3 Å². The molecule has 1 rings (SSSR count). The lowest BCUT2D eigenvalue weighted by atomic mass is 10.1. The van der Waals surface area contributed by atoms with Crippen LogP contribution in [0.5, 0.6) is 5.75 Å². The lowest BCUT2D eigenvalue weighted by Gasteiger charge is -2.09. The van der Waals surface area contributed by atoms with Gasteiger partial charge in [-0.25, -0.2) is 14.0 Å². The maximum Gasteiger partial charge on any atom is 0.490 e. The molecule has 1 aromatic rings. The molecule has 0 saturated heterocycles. The number of nitrogens with two attached hydrogens (primary N) is 1. The molecule has 4 N–H and O–H groups in total. The van der Waals surface area contributed by atoms with Gasteiger partial charge in [-0.15, -0.1) is 0 Å². The third kappa shape index (κ3) is 8.07. The van der Waals surface area contributed by atoms with Crippen molar-refractivity contribution in [2.45, 2.75) is 12.8 Å². The number of halogens is 7. The van der Waals surface area contributed by atoms with Crippen LogP contribution in [-0.2, 0) is 9.59 Å². The van der Waals surface area contributed by atoms with Gasteiger partial charge in [0.2, 0.25) is 0 Å². The predicted octanol–water partition coefficient (Wildman–Crippen LogP) is 3.14. The Kier molecular flexibility index (Phi) is 8.93. The zero-order valence-corrected chi connectivity index (χ0v) is 13.1. The minimum absolute atomic E-state index is 0.0759. The first kappa shape index (κ1) is 23.5. The Bertz CT molecular complexity index is 669. The van der Waals surface area contributed by atoms with E-state index in [-0.39, 0.29) is 17.7 Å². The van der Waals surface area contributed by atoms with E-state index in [1.54, 1.807) is 0 Å². The Balaban J connectivity index is 0.000000758. The third-order valence-electron chi connectivity index (χ3n) is 2.31. The van der Waals surface area contributed by atoms with Gasteiger partial charge in [0.15, 0.2) is 11.6 Å². The normalized spacial score (nSPS) is 11.7. The van der Waals surface area contributed by atoms with Crippen LogP contribution in [-0.4, -0.2) is 41.5 Å². The molecule has 0 aromatic heterocycles. The van der Waals surface area contributed by atoms with Gasteiger partial charge in [-0.05, 0) is 23.8 Å². The van der Waals surface area contributed by atoms with Crippen LogP contribution in [0.1, 0.15) is 5.56 Å². The largest absolute Gasteiger partial charge is 0.490 e. The molecule has 1 aromatic carbocycles. The number of rotatable bonds is 5. The molecule has 0 spiro atoms. The van der Waals surface area contributed by atoms with Crippen molar-refractivity contribution in [3.05, 3.63) is 34.1 Å². The van der Waals surface area contributed by atoms with Crippen LogP contribution >= 0.6 is 11.6 Å². The van der Waals surface area contributed by atoms with Crippen LogP contribution in [0.2, 0.25) is 5.02 Å². The monoisotopic (exact) mass is 409 g/mol. The SMILES string of the molecule is NC/C(=C/c1cc(F)c(OC(F)F)c(Cl)c1)C(=O)O.O=C(O)C(F)(F)F. The lowest BCUT2D eigenvalue weighted by molar-refractivity contribution is -0.192. The number of alkyl halides is 5. The van der Waals surface area contributed by atoms with Gasteiger partial charge in [-0.3, -0.25) is 0 Å². The van der Waals surface area contributed by atoms with Crippen LogP contribution in [0.3, 0.4) is 0 Å². The first-order valence-corrected chi connectivity index (χ1v) is 6.55. The molecule has 0 aliphatic carbocycles. The van der Waals surface area contributed by atoms with Crippen molar-refractivity contribution < 1.29 is 50.9 Å². The molecular formula is C13H10ClF6NO5. The summed E-state index contributed by atoms with van der Waals surface area (Å²) in [7, 11) is 0. The molecule has 0 amide bonds. The molecule has 0 aliphatic rings. The van der Waals surface area contributed by atoms with E-state index in [1.807, 2.05) is 0 Å². The second-order valence-electron chi connectivity index (χ2n) is 4.17. The van der Waals surface area contributed by atoms with Crippen LogP contribution in [0.15, 0.2) is 17.7 Å². The fourth-order valence-electron chi connectivity index (χ4n) is 1.27. The molecule has 0 bridgehead atoms. The van der Waals surface area contributed by atoms with E-state index in [4.69, 9.17) is 32.3 Å². The van der Waals surface area contributed by atoms with E-state index >= 15 is 0 Å². The third-order valence-corrected chi connectivity index (χ3v) is 2.59. The summed E-state index contributed by atoms with van der Waals surface area (Å²) in [5, 5.41) is 15.5. The van der Waals surface area contributed by atoms with Gasteiger partial charge in [0.05, 0.1) is 10.6 Å². The fraction of sp³-hybridized carbons (Fsp3) is 0.231. The van der Waals surface area contributed by atoms with Gasteiger partial charge in [0.1, 0.15) is 0 Å². The van der Waals surface area contributed by atoms with Gasteiger partial charge < -0.3 is 20.7 Å². The average Bonchev–Trinajstić information content (AvgIpc) is 2.47. The number of carboxylic acids is 2. The topological polar surface area (TPSA) is 110 Å². The summed E-state index contributed by atoms with van der Waals surface area (Å²) < 4.78 is 73.1. The van der Waals surface area contributed by atoms with Gasteiger partial charge in [0.25, 0.3) is 0 Å². The number of carbonyl (C=O) groups is 2. The molecule has 0 atom stereocenters. The Labute approximate surface area is 146 Å². The van der Waals surface area contributed by atoms with E-state index in [0.29, 0.717) is 0 Å². The van der Waals surface area contributed by atoms with E-state index in [2.05, 4.69) is 4.74 Å². The van der Waals surface area contributed by atoms with Gasteiger partial charge in [-0.1, -0.05) is 11.6 Å². The summed E-state index contributed by atoms with van der Waals surface area (Å²) in [6, 6.07) is 1.92. The molecule has 146 valence electrons. The highest BCUT2D eigenvalue weighted by Crippen LogP contribution is 2.31. The van der Waals surface area contributed by atoms with Gasteiger partial charge >= 0.3 is 24.7 Å². The minimum atomic E-state index is -5.08. The van der Waals surface area contributed by atoms with Crippen molar-refractivity contribution in [3.63, 3.8) is 0 Å². The maximum atomic E-state index is 13.5. The number of hydrogen-bond donors (Lipinski definition) is 3. The first-order valence-electron chi connectivity index (χ1n) is 6.17. The lowest BCUT2D eigenvalue weighted by Crippen LogP contribution is -2.21. The van der Waals surface area contributed by atoms with Crippen molar-refractivity contribution in [1.29, 1.82) is 0 Å². The Morgan fingerprint density at radius 1 is 1.27 bits per heavy atom. The van der Waals surface area contributed by atoms with Gasteiger partial charge in [-0.2, -0.15) is 22.0 Å². The van der Waals surface area contributed by atoms with Crippen molar-refractivity contribution in [3.8, 4) is 5.75 Å². The summed E-state index contributed by atoms with van der Waals surface area (Å²) >= 11 is 5.58. The van der Waals surface area contributed by atoms with Crippen molar-refractivity contribution >= 4 is 29.6 Å². The van der Waals surface area contributed by atoms with Crippen LogP contribution < -0.4 is 10.5 Å². The van der Waals surface area contributed by atoms with Crippen molar-refractivity contribution in [2.75, 3.05) is 6.54 Å². The van der Waals surface area contributed by atoms with Gasteiger partial charge in [0, 0.05) is 6.54 Å². The number of benzene rings is 1. The average molecular weight is 410 g/mol. The molecule has 0 heterocycles. The standard InChI is InChI=1S/C11H9ClF3NO3.C2HF3O2/c12-7-2-5(1-6(4-16)10(17)18)3-8(13)9(7)19-11(14)15;3-2(4,5)1(6)7/h1-3,11H,4,16H2,(H,17,18);(H,6,7)/b6-1-;. The highest BCUT2D eigenvalue weighted by Gasteiger charge is 2.38. The number of aliphatic carboxylic acids is 2. The van der Waals surface area contributed by atoms with Crippen LogP contribution in [0.25, 0.3) is 6.08 Å². The Morgan fingerprint density at radius 3 is 2.08 bits per heavy atom. The maximum absolute atomic E-state index is 13.5. The molecular weight excluding hydrogens is 400 g/mol. The zero-order chi connectivity index (χ0) is 20.7. The Morgan fingerprint density at radius 2 is 1.77 bits per heavy atom. The highest BCUT2D eigenvalue weighted by molar-refractivity contribution is 6.32. The number of carboxylic acid groups (broad SMARTS) is 2. The Hall–Kier alpha value is -2.47. The summed E-state index contributed by atoms with van der Waals surface area (Å²) in [5.41, 5.74) is 5.09. The van der Waals surface area contributed by atoms with Crippen LogP contribution in [0, 0.1) is 5.82 Å². The molecule has 6 nitrogen and oxygen atoms in total.